The van der Waals surface area contributed by atoms with Gasteiger partial charge in [0, 0.05) is 31.0 Å². The summed E-state index contributed by atoms with van der Waals surface area (Å²) in [7, 11) is 0. The minimum absolute atomic E-state index is 0.107. The number of piperidine rings is 1. The first-order chi connectivity index (χ1) is 13.7. The average Bonchev–Trinajstić information content (AvgIpc) is 2.67. The van der Waals surface area contributed by atoms with E-state index in [0.29, 0.717) is 30.1 Å². The number of carbonyl (C=O) groups excluding carboxylic acids is 1. The van der Waals surface area contributed by atoms with Crippen molar-refractivity contribution in [2.45, 2.75) is 58.4 Å². The number of primary amides is 1. The van der Waals surface area contributed by atoms with Crippen LogP contribution < -0.4 is 21.7 Å². The molecule has 0 bridgehead atoms. The first-order valence-electron chi connectivity index (χ1n) is 10.3. The molecule has 156 valence electrons. The first kappa shape index (κ1) is 21.0. The highest BCUT2D eigenvalue weighted by Crippen LogP contribution is 2.29. The van der Waals surface area contributed by atoms with Crippen LogP contribution in [0.2, 0.25) is 0 Å². The van der Waals surface area contributed by atoms with Crippen LogP contribution >= 0.6 is 0 Å². The van der Waals surface area contributed by atoms with Crippen molar-refractivity contribution in [2.24, 2.45) is 11.5 Å². The molecule has 1 atom stereocenters. The van der Waals surface area contributed by atoms with Gasteiger partial charge in [0.05, 0.1) is 0 Å². The number of aromatic nitrogens is 2. The standard InChI is InChI=1S/C22H32N6O/c1-13(2)15-8-16(14(3)4)10-18(9-15)26-21-19(20(24)29)11-25-22(27-21)28-7-5-6-17(23)12-28/h8-11,13-14,17H,5-7,12,23H2,1-4H3,(H2,24,29)(H,25,26,27)/t17-/m0/s1. The Balaban J connectivity index is 1.98. The summed E-state index contributed by atoms with van der Waals surface area (Å²) < 4.78 is 0. The molecule has 1 aromatic heterocycles. The average molecular weight is 397 g/mol. The molecule has 2 aromatic rings. The highest BCUT2D eigenvalue weighted by atomic mass is 16.1. The van der Waals surface area contributed by atoms with Gasteiger partial charge in [-0.05, 0) is 47.9 Å². The van der Waals surface area contributed by atoms with E-state index in [2.05, 4.69) is 66.1 Å². The quantitative estimate of drug-likeness (QED) is 0.689. The van der Waals surface area contributed by atoms with Gasteiger partial charge in [-0.15, -0.1) is 0 Å². The van der Waals surface area contributed by atoms with Crippen LogP contribution in [0.1, 0.15) is 73.9 Å². The summed E-state index contributed by atoms with van der Waals surface area (Å²) in [4.78, 5) is 23.0. The van der Waals surface area contributed by atoms with Gasteiger partial charge < -0.3 is 21.7 Å². The van der Waals surface area contributed by atoms with Crippen LogP contribution in [-0.4, -0.2) is 35.0 Å². The number of nitrogens with one attached hydrogen (secondary N) is 1. The van der Waals surface area contributed by atoms with Gasteiger partial charge in [-0.1, -0.05) is 33.8 Å². The molecule has 0 aliphatic carbocycles. The fraction of sp³-hybridized carbons (Fsp3) is 0.500. The van der Waals surface area contributed by atoms with Gasteiger partial charge in [0.2, 0.25) is 5.95 Å². The van der Waals surface area contributed by atoms with Crippen LogP contribution in [0.5, 0.6) is 0 Å². The Labute approximate surface area is 172 Å². The van der Waals surface area contributed by atoms with E-state index in [1.165, 1.54) is 17.3 Å². The minimum atomic E-state index is -0.557. The Morgan fingerprint density at radius 2 is 1.83 bits per heavy atom. The monoisotopic (exact) mass is 396 g/mol. The zero-order valence-electron chi connectivity index (χ0n) is 17.8. The molecule has 2 heterocycles. The van der Waals surface area contributed by atoms with Crippen LogP contribution in [0.25, 0.3) is 0 Å². The maximum atomic E-state index is 12.0. The molecule has 1 amide bonds. The number of nitrogens with zero attached hydrogens (tertiary/aromatic N) is 3. The summed E-state index contributed by atoms with van der Waals surface area (Å²) in [6.45, 7) is 10.2. The van der Waals surface area contributed by atoms with Gasteiger partial charge >= 0.3 is 0 Å². The van der Waals surface area contributed by atoms with Crippen molar-refractivity contribution >= 4 is 23.4 Å². The third-order valence-corrected chi connectivity index (χ3v) is 5.36. The lowest BCUT2D eigenvalue weighted by Gasteiger charge is -2.31. The summed E-state index contributed by atoms with van der Waals surface area (Å²) in [6, 6.07) is 6.53. The second-order valence-electron chi connectivity index (χ2n) is 8.47. The molecular formula is C22H32N6O. The summed E-state index contributed by atoms with van der Waals surface area (Å²) >= 11 is 0. The van der Waals surface area contributed by atoms with Crippen molar-refractivity contribution in [2.75, 3.05) is 23.3 Å². The lowest BCUT2D eigenvalue weighted by Crippen LogP contribution is -2.43. The molecule has 0 saturated carbocycles. The maximum absolute atomic E-state index is 12.0. The largest absolute Gasteiger partial charge is 0.365 e. The van der Waals surface area contributed by atoms with Gasteiger partial charge in [0.15, 0.2) is 0 Å². The molecule has 5 N–H and O–H groups in total. The van der Waals surface area contributed by atoms with Gasteiger partial charge in [-0.3, -0.25) is 4.79 Å². The molecular weight excluding hydrogens is 364 g/mol. The molecule has 7 nitrogen and oxygen atoms in total. The van der Waals surface area contributed by atoms with Gasteiger partial charge in [0.25, 0.3) is 5.91 Å². The molecule has 1 aromatic carbocycles. The van der Waals surface area contributed by atoms with E-state index in [1.54, 1.807) is 0 Å². The summed E-state index contributed by atoms with van der Waals surface area (Å²) in [5.74, 6) is 1.22. The van der Waals surface area contributed by atoms with Gasteiger partial charge in [0.1, 0.15) is 11.4 Å². The van der Waals surface area contributed by atoms with Gasteiger partial charge in [-0.2, -0.15) is 4.98 Å². The number of hydrogen-bond acceptors (Lipinski definition) is 6. The predicted octanol–water partition coefficient (Wildman–Crippen LogP) is 3.49. The number of carbonyl (C=O) groups is 1. The van der Waals surface area contributed by atoms with Crippen LogP contribution in [0.3, 0.4) is 0 Å². The fourth-order valence-corrected chi connectivity index (χ4v) is 3.54. The third-order valence-electron chi connectivity index (χ3n) is 5.36. The number of rotatable bonds is 6. The highest BCUT2D eigenvalue weighted by Gasteiger charge is 2.21. The van der Waals surface area contributed by atoms with Crippen LogP contribution in [0.4, 0.5) is 17.5 Å². The Bertz CT molecular complexity index is 853. The van der Waals surface area contributed by atoms with Gasteiger partial charge in [-0.25, -0.2) is 4.98 Å². The molecule has 1 aliphatic rings. The number of benzene rings is 1. The molecule has 1 aliphatic heterocycles. The van der Waals surface area contributed by atoms with E-state index < -0.39 is 5.91 Å². The molecule has 0 unspecified atom stereocenters. The maximum Gasteiger partial charge on any atom is 0.254 e. The van der Waals surface area contributed by atoms with Crippen molar-refractivity contribution < 1.29 is 4.79 Å². The topological polar surface area (TPSA) is 110 Å². The summed E-state index contributed by atoms with van der Waals surface area (Å²) in [5, 5.41) is 3.33. The molecule has 3 rings (SSSR count). The van der Waals surface area contributed by atoms with Crippen molar-refractivity contribution in [3.63, 3.8) is 0 Å². The van der Waals surface area contributed by atoms with E-state index in [4.69, 9.17) is 11.5 Å². The lowest BCUT2D eigenvalue weighted by atomic mass is 9.95. The molecule has 7 heteroatoms. The second kappa shape index (κ2) is 8.78. The van der Waals surface area contributed by atoms with Crippen molar-refractivity contribution in [3.8, 4) is 0 Å². The molecule has 0 spiro atoms. The van der Waals surface area contributed by atoms with Crippen molar-refractivity contribution in [1.82, 2.24) is 9.97 Å². The molecule has 1 saturated heterocycles. The van der Waals surface area contributed by atoms with Crippen LogP contribution in [0.15, 0.2) is 24.4 Å². The Morgan fingerprint density at radius 1 is 1.17 bits per heavy atom. The third kappa shape index (κ3) is 5.03. The molecule has 0 radical (unpaired) electrons. The van der Waals surface area contributed by atoms with E-state index in [1.807, 2.05) is 0 Å². The van der Waals surface area contributed by atoms with Crippen molar-refractivity contribution in [3.05, 3.63) is 41.1 Å². The first-order valence-corrected chi connectivity index (χ1v) is 10.3. The minimum Gasteiger partial charge on any atom is -0.365 e. The van der Waals surface area contributed by atoms with E-state index in [0.717, 1.165) is 25.1 Å². The number of amides is 1. The summed E-state index contributed by atoms with van der Waals surface area (Å²) in [5.41, 5.74) is 15.3. The van der Waals surface area contributed by atoms with E-state index in [9.17, 15) is 4.79 Å². The SMILES string of the molecule is CC(C)c1cc(Nc2nc(N3CCC[C@H](N)C3)ncc2C(N)=O)cc(C(C)C)c1. The lowest BCUT2D eigenvalue weighted by molar-refractivity contribution is 0.100. The summed E-state index contributed by atoms with van der Waals surface area (Å²) in [6.07, 6.45) is 3.50. The zero-order valence-corrected chi connectivity index (χ0v) is 17.8. The Morgan fingerprint density at radius 3 is 2.38 bits per heavy atom. The normalized spacial score (nSPS) is 17.1. The Kier molecular flexibility index (Phi) is 6.37. The zero-order chi connectivity index (χ0) is 21.1. The number of hydrogen-bond donors (Lipinski definition) is 3. The second-order valence-corrected chi connectivity index (χ2v) is 8.47. The van der Waals surface area contributed by atoms with Crippen molar-refractivity contribution in [1.29, 1.82) is 0 Å². The van der Waals surface area contributed by atoms with E-state index in [-0.39, 0.29) is 11.6 Å². The predicted molar refractivity (Wildman–Crippen MR) is 118 cm³/mol. The van der Waals surface area contributed by atoms with Crippen LogP contribution in [-0.2, 0) is 0 Å². The number of anilines is 3. The molecule has 1 fully saturated rings. The smallest absolute Gasteiger partial charge is 0.254 e. The highest BCUT2D eigenvalue weighted by molar-refractivity contribution is 5.98. The number of nitrogens with two attached hydrogens (primary N) is 2. The Hall–Kier alpha value is -2.67. The molecule has 29 heavy (non-hydrogen) atoms. The fourth-order valence-electron chi connectivity index (χ4n) is 3.54. The van der Waals surface area contributed by atoms with E-state index >= 15 is 0 Å². The van der Waals surface area contributed by atoms with Crippen LogP contribution in [0, 0.1) is 0 Å².